The Balaban J connectivity index is 1.74. The van der Waals surface area contributed by atoms with Crippen LogP contribution in [0.1, 0.15) is 50.7 Å². The van der Waals surface area contributed by atoms with Gasteiger partial charge < -0.3 is 9.84 Å². The average Bonchev–Trinajstić information content (AvgIpc) is 3.07. The number of cyclic esters (lactones) is 1. The molecule has 0 aromatic heterocycles. The summed E-state index contributed by atoms with van der Waals surface area (Å²) in [4.78, 5) is 25.9. The number of esters is 1. The van der Waals surface area contributed by atoms with Crippen molar-refractivity contribution in [2.45, 2.75) is 51.3 Å². The van der Waals surface area contributed by atoms with E-state index in [1.54, 1.807) is 6.92 Å². The third-order valence-electron chi connectivity index (χ3n) is 5.86. The lowest BCUT2D eigenvalue weighted by Crippen LogP contribution is -2.50. The van der Waals surface area contributed by atoms with Gasteiger partial charge in [-0.05, 0) is 41.5 Å². The van der Waals surface area contributed by atoms with Crippen LogP contribution in [0.2, 0.25) is 0 Å². The van der Waals surface area contributed by atoms with E-state index >= 15 is 0 Å². The quantitative estimate of drug-likeness (QED) is 0.771. The molecular weight excluding hydrogens is 354 g/mol. The van der Waals surface area contributed by atoms with E-state index in [4.69, 9.17) is 4.74 Å². The van der Waals surface area contributed by atoms with Crippen molar-refractivity contribution in [2.24, 2.45) is 5.92 Å². The first-order valence-corrected chi connectivity index (χ1v) is 9.75. The highest BCUT2D eigenvalue weighted by Gasteiger charge is 2.54. The third kappa shape index (κ3) is 2.86. The maximum absolute atomic E-state index is 12.6. The molecule has 4 rings (SSSR count). The minimum absolute atomic E-state index is 0.0233. The summed E-state index contributed by atoms with van der Waals surface area (Å²) in [5.74, 6) is -0.280. The summed E-state index contributed by atoms with van der Waals surface area (Å²) in [5, 5.41) is 9.91. The highest BCUT2D eigenvalue weighted by molar-refractivity contribution is 5.85. The van der Waals surface area contributed by atoms with Crippen LogP contribution in [0, 0.1) is 5.92 Å². The van der Waals surface area contributed by atoms with E-state index in [9.17, 15) is 14.7 Å². The molecule has 1 saturated heterocycles. The van der Waals surface area contributed by atoms with Crippen molar-refractivity contribution in [3.05, 3.63) is 59.7 Å². The van der Waals surface area contributed by atoms with Gasteiger partial charge in [-0.2, -0.15) is 0 Å². The molecule has 1 heterocycles. The summed E-state index contributed by atoms with van der Waals surface area (Å²) in [6.45, 7) is 5.68. The van der Waals surface area contributed by atoms with Gasteiger partial charge in [-0.15, -0.1) is 0 Å². The smallest absolute Gasteiger partial charge is 0.411 e. The van der Waals surface area contributed by atoms with Crippen LogP contribution in [0.3, 0.4) is 0 Å². The number of hydrogen-bond acceptors (Lipinski definition) is 3. The van der Waals surface area contributed by atoms with Gasteiger partial charge in [0.15, 0.2) is 5.72 Å². The molecule has 1 fully saturated rings. The predicted octanol–water partition coefficient (Wildman–Crippen LogP) is 4.86. The molecular formula is C23H25NO4. The molecule has 1 aliphatic carbocycles. The van der Waals surface area contributed by atoms with Gasteiger partial charge in [0.2, 0.25) is 0 Å². The Morgan fingerprint density at radius 3 is 2.14 bits per heavy atom. The van der Waals surface area contributed by atoms with Crippen molar-refractivity contribution in [2.75, 3.05) is 0 Å². The summed E-state index contributed by atoms with van der Waals surface area (Å²) < 4.78 is 5.73. The van der Waals surface area contributed by atoms with E-state index in [-0.39, 0.29) is 11.8 Å². The molecule has 2 atom stereocenters. The molecule has 5 nitrogen and oxygen atoms in total. The van der Waals surface area contributed by atoms with Gasteiger partial charge in [0.05, 0.1) is 0 Å². The number of carbonyl (C=O) groups is 2. The Labute approximate surface area is 164 Å². The maximum Gasteiger partial charge on any atom is 0.411 e. The molecule has 0 spiro atoms. The first-order chi connectivity index (χ1) is 13.3. The molecule has 5 heteroatoms. The number of rotatable bonds is 4. The molecule has 1 amide bonds. The zero-order valence-electron chi connectivity index (χ0n) is 16.4. The van der Waals surface area contributed by atoms with Crippen LogP contribution in [-0.4, -0.2) is 33.8 Å². The van der Waals surface area contributed by atoms with Gasteiger partial charge >= 0.3 is 12.1 Å². The Bertz CT molecular complexity index is 892. The van der Waals surface area contributed by atoms with E-state index < -0.39 is 23.8 Å². The van der Waals surface area contributed by atoms with Gasteiger partial charge in [0.1, 0.15) is 6.04 Å². The van der Waals surface area contributed by atoms with Crippen LogP contribution in [0.5, 0.6) is 0 Å². The summed E-state index contributed by atoms with van der Waals surface area (Å²) in [7, 11) is 0. The van der Waals surface area contributed by atoms with Gasteiger partial charge in [-0.25, -0.2) is 9.59 Å². The number of ether oxygens (including phenoxy) is 1. The molecule has 2 aliphatic rings. The maximum atomic E-state index is 12.6. The van der Waals surface area contributed by atoms with Gasteiger partial charge in [-0.3, -0.25) is 4.90 Å². The zero-order valence-corrected chi connectivity index (χ0v) is 16.4. The lowest BCUT2D eigenvalue weighted by molar-refractivity contribution is -0.151. The van der Waals surface area contributed by atoms with Gasteiger partial charge in [-0.1, -0.05) is 62.4 Å². The van der Waals surface area contributed by atoms with Crippen LogP contribution >= 0.6 is 0 Å². The van der Waals surface area contributed by atoms with Gasteiger partial charge in [0, 0.05) is 12.3 Å². The van der Waals surface area contributed by atoms with Crippen molar-refractivity contribution in [3.8, 4) is 11.1 Å². The summed E-state index contributed by atoms with van der Waals surface area (Å²) in [6.07, 6.45) is -0.259. The van der Waals surface area contributed by atoms with Crippen molar-refractivity contribution in [1.82, 2.24) is 4.90 Å². The highest BCUT2D eigenvalue weighted by atomic mass is 16.6. The SMILES string of the molecule is CC(C)C[C@H]1C(=O)O[C@](C)(CC2c3ccccc3-c3ccccc32)N1C(=O)O. The first-order valence-electron chi connectivity index (χ1n) is 9.75. The topological polar surface area (TPSA) is 66.8 Å². The van der Waals surface area contributed by atoms with Crippen LogP contribution in [0.25, 0.3) is 11.1 Å². The zero-order chi connectivity index (χ0) is 20.1. The second-order valence-electron chi connectivity index (χ2n) is 8.33. The van der Waals surface area contributed by atoms with Crippen LogP contribution in [0.15, 0.2) is 48.5 Å². The molecule has 2 aromatic carbocycles. The average molecular weight is 379 g/mol. The Morgan fingerprint density at radius 2 is 1.64 bits per heavy atom. The molecule has 2 aromatic rings. The van der Waals surface area contributed by atoms with Crippen LogP contribution in [0.4, 0.5) is 4.79 Å². The van der Waals surface area contributed by atoms with E-state index in [0.29, 0.717) is 12.8 Å². The van der Waals surface area contributed by atoms with Crippen molar-refractivity contribution >= 4 is 12.1 Å². The number of amides is 1. The van der Waals surface area contributed by atoms with Crippen LogP contribution < -0.4 is 0 Å². The Kier molecular flexibility index (Phi) is 4.41. The number of carboxylic acid groups (broad SMARTS) is 1. The highest BCUT2D eigenvalue weighted by Crippen LogP contribution is 2.50. The number of nitrogens with zero attached hydrogens (tertiary/aromatic N) is 1. The Hall–Kier alpha value is -2.82. The molecule has 146 valence electrons. The summed E-state index contributed by atoms with van der Waals surface area (Å²) >= 11 is 0. The lowest BCUT2D eigenvalue weighted by Gasteiger charge is -2.35. The number of carbonyl (C=O) groups excluding carboxylic acids is 1. The fourth-order valence-electron chi connectivity index (χ4n) is 4.75. The molecule has 0 radical (unpaired) electrons. The first kappa shape index (κ1) is 18.5. The predicted molar refractivity (Wildman–Crippen MR) is 106 cm³/mol. The number of fused-ring (bicyclic) bond motifs is 3. The molecule has 0 unspecified atom stereocenters. The second-order valence-corrected chi connectivity index (χ2v) is 8.33. The van der Waals surface area contributed by atoms with E-state index in [0.717, 1.165) is 22.3 Å². The minimum atomic E-state index is -1.20. The molecule has 0 bridgehead atoms. The monoisotopic (exact) mass is 379 g/mol. The van der Waals surface area contributed by atoms with E-state index in [2.05, 4.69) is 24.3 Å². The summed E-state index contributed by atoms with van der Waals surface area (Å²) in [6, 6.07) is 15.6. The Morgan fingerprint density at radius 1 is 1.11 bits per heavy atom. The van der Waals surface area contributed by atoms with Gasteiger partial charge in [0.25, 0.3) is 0 Å². The standard InChI is InChI=1S/C23H25NO4/c1-14(2)12-20-21(25)28-23(3,24(20)22(26)27)13-19-17-10-6-4-8-15(17)16-9-5-7-11-18(16)19/h4-11,14,19-20H,12-13H2,1-3H3,(H,26,27)/t20-,23+/m0/s1. The van der Waals surface area contributed by atoms with Crippen LogP contribution in [-0.2, 0) is 9.53 Å². The van der Waals surface area contributed by atoms with Crippen molar-refractivity contribution in [1.29, 1.82) is 0 Å². The lowest BCUT2D eigenvalue weighted by atomic mass is 9.88. The fraction of sp³-hybridized carbons (Fsp3) is 0.391. The van der Waals surface area contributed by atoms with E-state index in [1.165, 1.54) is 4.90 Å². The van der Waals surface area contributed by atoms with Crippen molar-refractivity contribution in [3.63, 3.8) is 0 Å². The second kappa shape index (κ2) is 6.66. The third-order valence-corrected chi connectivity index (χ3v) is 5.86. The largest absolute Gasteiger partial charge is 0.465 e. The number of hydrogen-bond donors (Lipinski definition) is 1. The van der Waals surface area contributed by atoms with Crippen molar-refractivity contribution < 1.29 is 19.4 Å². The fourth-order valence-corrected chi connectivity index (χ4v) is 4.75. The molecule has 28 heavy (non-hydrogen) atoms. The normalized spacial score (nSPS) is 23.6. The van der Waals surface area contributed by atoms with E-state index in [1.807, 2.05) is 38.1 Å². The minimum Gasteiger partial charge on any atom is -0.465 e. The molecule has 1 N–H and O–H groups in total. The molecule has 1 aliphatic heterocycles. The summed E-state index contributed by atoms with van der Waals surface area (Å²) in [5.41, 5.74) is 3.43. The molecule has 0 saturated carbocycles. The number of benzene rings is 2.